The minimum absolute atomic E-state index is 0.00657. The second-order valence-electron chi connectivity index (χ2n) is 14.8. The number of anilines is 1. The molecule has 4 heterocycles. The Hall–Kier alpha value is -5.25. The summed E-state index contributed by atoms with van der Waals surface area (Å²) in [5.41, 5.74) is 1.40. The quantitative estimate of drug-likeness (QED) is 0.0636. The molecule has 3 aliphatic heterocycles. The molecule has 3 unspecified atom stereocenters. The maximum atomic E-state index is 14.4. The third-order valence-corrected chi connectivity index (χ3v) is 11.2. The van der Waals surface area contributed by atoms with E-state index in [4.69, 9.17) is 37.4 Å². The van der Waals surface area contributed by atoms with Crippen LogP contribution in [-0.4, -0.2) is 68.2 Å². The number of nitrogens with one attached hydrogen (secondary N) is 2. The normalized spacial score (nSPS) is 19.4. The van der Waals surface area contributed by atoms with Crippen LogP contribution in [0.4, 0.5) is 18.9 Å². The maximum Gasteiger partial charge on any atom is 0.387 e. The first-order valence-electron chi connectivity index (χ1n) is 19.2. The number of alkyl halides is 2. The first-order chi connectivity index (χ1) is 28.4. The van der Waals surface area contributed by atoms with Gasteiger partial charge in [0.2, 0.25) is 0 Å². The number of fused-ring (bicyclic) bond motifs is 3. The highest BCUT2D eigenvalue weighted by Gasteiger charge is 2.38. The van der Waals surface area contributed by atoms with Crippen LogP contribution in [0, 0.1) is 22.9 Å². The highest BCUT2D eigenvalue weighted by molar-refractivity contribution is 6.35. The molecule has 17 heteroatoms. The molecule has 0 spiro atoms. The molecule has 3 saturated heterocycles. The summed E-state index contributed by atoms with van der Waals surface area (Å²) in [7, 11) is 0. The minimum Gasteiger partial charge on any atom is -0.619 e. The predicted molar refractivity (Wildman–Crippen MR) is 210 cm³/mol. The van der Waals surface area contributed by atoms with E-state index < -0.39 is 49.0 Å². The van der Waals surface area contributed by atoms with Crippen molar-refractivity contribution < 1.29 is 51.2 Å². The van der Waals surface area contributed by atoms with Crippen molar-refractivity contribution in [3.05, 3.63) is 122 Å². The number of rotatable bonds is 17. The van der Waals surface area contributed by atoms with Gasteiger partial charge >= 0.3 is 18.6 Å². The second-order valence-corrected chi connectivity index (χ2v) is 15.6. The largest absolute Gasteiger partial charge is 0.619 e. The number of pyridine rings is 1. The molecule has 4 aliphatic rings. The number of esters is 2. The highest BCUT2D eigenvalue weighted by atomic mass is 35.5. The summed E-state index contributed by atoms with van der Waals surface area (Å²) in [5.74, 6) is -2.32. The number of carbonyl (C=O) groups excluding carboxylic acids is 3. The van der Waals surface area contributed by atoms with Crippen LogP contribution >= 0.6 is 23.2 Å². The van der Waals surface area contributed by atoms with Crippen LogP contribution in [-0.2, 0) is 25.5 Å². The summed E-state index contributed by atoms with van der Waals surface area (Å²) < 4.78 is 63.6. The van der Waals surface area contributed by atoms with E-state index in [0.29, 0.717) is 28.1 Å². The van der Waals surface area contributed by atoms with Crippen LogP contribution in [0.5, 0.6) is 11.5 Å². The van der Waals surface area contributed by atoms with E-state index in [1.54, 1.807) is 18.2 Å². The Labute approximate surface area is 348 Å². The van der Waals surface area contributed by atoms with Gasteiger partial charge < -0.3 is 34.8 Å². The average molecular weight is 858 g/mol. The van der Waals surface area contributed by atoms with E-state index in [2.05, 4.69) is 20.3 Å². The van der Waals surface area contributed by atoms with Gasteiger partial charge in [-0.3, -0.25) is 14.5 Å². The molecule has 1 amide bonds. The molecule has 2 N–H and O–H groups in total. The lowest BCUT2D eigenvalue weighted by Gasteiger charge is -2.44. The monoisotopic (exact) mass is 856 g/mol. The van der Waals surface area contributed by atoms with Crippen LogP contribution in [0.2, 0.25) is 10.0 Å². The van der Waals surface area contributed by atoms with Gasteiger partial charge in [0.15, 0.2) is 29.9 Å². The van der Waals surface area contributed by atoms with Gasteiger partial charge in [-0.2, -0.15) is 13.5 Å². The standard InChI is InChI=1S/C42H41Cl2F3N4O8/c43-32-20-51(55)21-33(44)31(32)18-35(26-9-10-34(59-42(46)47)36(17-26)56-23-24-7-8-24)57-38(52)19-48-40(53)28-4-2-6-30(16-28)49-39(27-3-1-5-29(45)15-27)41(54)58-37-22-50-13-11-25(37)12-14-50/h1-6,9-10,15-17,20-21,24-25,35,37,39,42,49H,7-8,11-14,18-19,22-23H2,(H,48,53). The number of ether oxygens (including phenoxy) is 4. The van der Waals surface area contributed by atoms with Crippen molar-refractivity contribution in [3.63, 3.8) is 0 Å². The lowest BCUT2D eigenvalue weighted by Crippen LogP contribution is -2.52. The predicted octanol–water partition coefficient (Wildman–Crippen LogP) is 7.20. The number of benzene rings is 3. The molecule has 12 nitrogen and oxygen atoms in total. The van der Waals surface area contributed by atoms with Crippen LogP contribution in [0.15, 0.2) is 79.1 Å². The Morgan fingerprint density at radius 1 is 0.915 bits per heavy atom. The molecule has 4 fully saturated rings. The van der Waals surface area contributed by atoms with E-state index in [0.717, 1.165) is 51.2 Å². The van der Waals surface area contributed by atoms with Gasteiger partial charge in [0.25, 0.3) is 5.91 Å². The molecule has 0 radical (unpaired) electrons. The van der Waals surface area contributed by atoms with E-state index in [1.165, 1.54) is 48.5 Å². The lowest BCUT2D eigenvalue weighted by atomic mass is 9.86. The minimum atomic E-state index is -3.12. The van der Waals surface area contributed by atoms with Crippen molar-refractivity contribution in [2.75, 3.05) is 38.1 Å². The highest BCUT2D eigenvalue weighted by Crippen LogP contribution is 2.38. The fourth-order valence-electron chi connectivity index (χ4n) is 7.26. The van der Waals surface area contributed by atoms with E-state index in [9.17, 15) is 32.8 Å². The third-order valence-electron chi connectivity index (χ3n) is 10.6. The van der Waals surface area contributed by atoms with Crippen LogP contribution in [0.3, 0.4) is 0 Å². The van der Waals surface area contributed by atoms with Gasteiger partial charge in [-0.05, 0) is 104 Å². The summed E-state index contributed by atoms with van der Waals surface area (Å²) in [5, 5.41) is 17.5. The summed E-state index contributed by atoms with van der Waals surface area (Å²) in [6, 6.07) is 14.8. The van der Waals surface area contributed by atoms with E-state index in [1.807, 2.05) is 0 Å². The second kappa shape index (κ2) is 18.8. The molecule has 1 aliphatic carbocycles. The number of amides is 1. The zero-order valence-corrected chi connectivity index (χ0v) is 33.1. The van der Waals surface area contributed by atoms with E-state index >= 15 is 0 Å². The fraction of sp³-hybridized carbons (Fsp3) is 0.381. The van der Waals surface area contributed by atoms with Gasteiger partial charge in [-0.1, -0.05) is 47.5 Å². The third kappa shape index (κ3) is 11.1. The average Bonchev–Trinajstić information content (AvgIpc) is 4.04. The smallest absolute Gasteiger partial charge is 0.387 e. The van der Waals surface area contributed by atoms with Gasteiger partial charge in [0.05, 0.1) is 6.61 Å². The van der Waals surface area contributed by atoms with Crippen molar-refractivity contribution in [1.29, 1.82) is 0 Å². The molecule has 3 aromatic carbocycles. The van der Waals surface area contributed by atoms with Crippen molar-refractivity contribution in [1.82, 2.24) is 10.2 Å². The van der Waals surface area contributed by atoms with Gasteiger partial charge in [0.1, 0.15) is 34.6 Å². The van der Waals surface area contributed by atoms with Gasteiger partial charge in [0, 0.05) is 29.8 Å². The molecular formula is C42H41Cl2F3N4O8. The molecule has 312 valence electrons. The molecule has 4 aromatic rings. The van der Waals surface area contributed by atoms with Crippen LogP contribution < -0.4 is 24.8 Å². The molecule has 59 heavy (non-hydrogen) atoms. The number of piperidine rings is 3. The van der Waals surface area contributed by atoms with Gasteiger partial charge in [-0.25, -0.2) is 9.18 Å². The van der Waals surface area contributed by atoms with Crippen molar-refractivity contribution in [3.8, 4) is 11.5 Å². The van der Waals surface area contributed by atoms with Crippen molar-refractivity contribution >= 4 is 46.7 Å². The Morgan fingerprint density at radius 2 is 1.66 bits per heavy atom. The van der Waals surface area contributed by atoms with E-state index in [-0.39, 0.29) is 63.6 Å². The fourth-order valence-corrected chi connectivity index (χ4v) is 7.86. The number of hydrogen-bond acceptors (Lipinski definition) is 10. The molecular weight excluding hydrogens is 816 g/mol. The van der Waals surface area contributed by atoms with Gasteiger partial charge in [-0.15, -0.1) is 0 Å². The number of aromatic nitrogens is 1. The number of halogens is 5. The molecule has 1 aromatic heterocycles. The zero-order valence-electron chi connectivity index (χ0n) is 31.6. The summed E-state index contributed by atoms with van der Waals surface area (Å²) in [6.07, 6.45) is 4.33. The molecule has 8 rings (SSSR count). The van der Waals surface area contributed by atoms with Crippen LogP contribution in [0.25, 0.3) is 0 Å². The number of nitrogens with zero attached hydrogens (tertiary/aromatic N) is 2. The Morgan fingerprint density at radius 3 is 2.34 bits per heavy atom. The first kappa shape index (κ1) is 41.9. The topological polar surface area (TPSA) is 142 Å². The summed E-state index contributed by atoms with van der Waals surface area (Å²) in [6.45, 7) is -0.887. The number of hydrogen-bond donors (Lipinski definition) is 2. The molecule has 3 atom stereocenters. The summed E-state index contributed by atoms with van der Waals surface area (Å²) in [4.78, 5) is 42.7. The van der Waals surface area contributed by atoms with Crippen LogP contribution in [0.1, 0.15) is 64.9 Å². The summed E-state index contributed by atoms with van der Waals surface area (Å²) >= 11 is 12.7. The molecule has 1 saturated carbocycles. The SMILES string of the molecule is O=C(CNC(=O)c1cccc(NC(C(=O)OC2CN3CCC2CC3)c2cccc(F)c2)c1)OC(Cc1c(Cl)c[n+]([O-])cc1Cl)c1ccc(OC(F)F)c(OCC2CC2)c1. The maximum absolute atomic E-state index is 14.4. The zero-order chi connectivity index (χ0) is 41.6. The first-order valence-corrected chi connectivity index (χ1v) is 19.9. The van der Waals surface area contributed by atoms with Crippen molar-refractivity contribution in [2.45, 2.75) is 57.0 Å². The molecule has 2 bridgehead atoms. The Kier molecular flexibility index (Phi) is 13.3. The Balaban J connectivity index is 1.05. The number of carbonyl (C=O) groups is 3. The Bertz CT molecular complexity index is 2150. The van der Waals surface area contributed by atoms with Crippen molar-refractivity contribution in [2.24, 2.45) is 11.8 Å². The lowest BCUT2D eigenvalue weighted by molar-refractivity contribution is -0.605.